The van der Waals surface area contributed by atoms with Crippen molar-refractivity contribution in [3.8, 4) is 0 Å². The molecule has 0 N–H and O–H groups in total. The summed E-state index contributed by atoms with van der Waals surface area (Å²) in [6.45, 7) is 1.52. The number of aromatic nitrogens is 3. The summed E-state index contributed by atoms with van der Waals surface area (Å²) in [7, 11) is 0. The highest BCUT2D eigenvalue weighted by Gasteiger charge is 2.27. The van der Waals surface area contributed by atoms with Crippen molar-refractivity contribution in [1.82, 2.24) is 19.5 Å². The number of halogens is 1. The van der Waals surface area contributed by atoms with E-state index < -0.39 is 0 Å². The van der Waals surface area contributed by atoms with Crippen molar-refractivity contribution >= 4 is 23.2 Å². The molecule has 0 unspecified atom stereocenters. The summed E-state index contributed by atoms with van der Waals surface area (Å²) in [5.74, 6) is 1.36. The van der Waals surface area contributed by atoms with Gasteiger partial charge >= 0.3 is 0 Å². The molecule has 1 aromatic carbocycles. The van der Waals surface area contributed by atoms with Crippen LogP contribution in [-0.4, -0.2) is 38.5 Å². The predicted molar refractivity (Wildman–Crippen MR) is 101 cm³/mol. The van der Waals surface area contributed by atoms with Gasteiger partial charge in [0.15, 0.2) is 5.65 Å². The molecule has 1 fully saturated rings. The van der Waals surface area contributed by atoms with Crippen LogP contribution in [0.1, 0.15) is 36.6 Å². The summed E-state index contributed by atoms with van der Waals surface area (Å²) in [5, 5.41) is 9.35. The number of benzene rings is 1. The van der Waals surface area contributed by atoms with E-state index in [1.165, 1.54) is 0 Å². The van der Waals surface area contributed by atoms with E-state index in [-0.39, 0.29) is 11.8 Å². The lowest BCUT2D eigenvalue weighted by molar-refractivity contribution is -0.132. The Hall–Kier alpha value is -2.40. The monoisotopic (exact) mass is 368 g/mol. The highest BCUT2D eigenvalue weighted by atomic mass is 35.5. The predicted octanol–water partition coefficient (Wildman–Crippen LogP) is 3.72. The number of hydrogen-bond donors (Lipinski definition) is 0. The molecule has 2 aromatic heterocycles. The van der Waals surface area contributed by atoms with Crippen LogP contribution in [0, 0.1) is 0 Å². The van der Waals surface area contributed by atoms with Gasteiger partial charge in [-0.15, -0.1) is 10.2 Å². The molecule has 3 heterocycles. The van der Waals surface area contributed by atoms with Crippen molar-refractivity contribution < 1.29 is 4.79 Å². The Morgan fingerprint density at radius 2 is 2.00 bits per heavy atom. The summed E-state index contributed by atoms with van der Waals surface area (Å²) in [4.78, 5) is 14.7. The zero-order valence-corrected chi connectivity index (χ0v) is 15.3. The zero-order chi connectivity index (χ0) is 17.9. The molecule has 5 nitrogen and oxygen atoms in total. The lowest BCUT2D eigenvalue weighted by atomic mass is 9.96. The van der Waals surface area contributed by atoms with Crippen LogP contribution in [-0.2, 0) is 11.2 Å². The topological polar surface area (TPSA) is 50.5 Å². The van der Waals surface area contributed by atoms with Crippen LogP contribution < -0.4 is 0 Å². The smallest absolute Gasteiger partial charge is 0.222 e. The van der Waals surface area contributed by atoms with Gasteiger partial charge in [0.2, 0.25) is 5.91 Å². The van der Waals surface area contributed by atoms with Crippen LogP contribution in [0.5, 0.6) is 0 Å². The minimum absolute atomic E-state index is 0.184. The molecule has 134 valence electrons. The number of carbonyl (C=O) groups is 1. The van der Waals surface area contributed by atoms with E-state index in [1.54, 1.807) is 0 Å². The number of pyridine rings is 1. The molecule has 0 saturated carbocycles. The normalized spacial score (nSPS) is 17.6. The highest BCUT2D eigenvalue weighted by molar-refractivity contribution is 6.31. The molecular formula is C20H21ClN4O. The molecule has 0 spiro atoms. The standard InChI is InChI=1S/C20H21ClN4O/c21-17-8-2-1-6-15(17)10-11-19(26)24-12-5-7-16(14-24)20-23-22-18-9-3-4-13-25(18)20/h1-4,6,8-9,13,16H,5,7,10-12,14H2/t16-/m0/s1. The summed E-state index contributed by atoms with van der Waals surface area (Å²) < 4.78 is 2.03. The molecule has 1 saturated heterocycles. The van der Waals surface area contributed by atoms with Crippen LogP contribution in [0.2, 0.25) is 5.02 Å². The first-order valence-electron chi connectivity index (χ1n) is 9.03. The molecule has 0 radical (unpaired) electrons. The van der Waals surface area contributed by atoms with Crippen molar-refractivity contribution in [3.05, 3.63) is 65.1 Å². The minimum Gasteiger partial charge on any atom is -0.342 e. The highest BCUT2D eigenvalue weighted by Crippen LogP contribution is 2.27. The maximum Gasteiger partial charge on any atom is 0.222 e. The van der Waals surface area contributed by atoms with E-state index in [0.29, 0.717) is 19.4 Å². The molecule has 6 heteroatoms. The van der Waals surface area contributed by atoms with Crippen molar-refractivity contribution in [3.63, 3.8) is 0 Å². The lowest BCUT2D eigenvalue weighted by Crippen LogP contribution is -2.39. The molecule has 1 aliphatic rings. The van der Waals surface area contributed by atoms with Crippen molar-refractivity contribution in [2.75, 3.05) is 13.1 Å². The quantitative estimate of drug-likeness (QED) is 0.705. The molecule has 26 heavy (non-hydrogen) atoms. The van der Waals surface area contributed by atoms with Crippen LogP contribution in [0.25, 0.3) is 5.65 Å². The van der Waals surface area contributed by atoms with E-state index in [9.17, 15) is 4.79 Å². The largest absolute Gasteiger partial charge is 0.342 e. The Balaban J connectivity index is 1.43. The Kier molecular flexibility index (Phi) is 4.89. The summed E-state index contributed by atoms with van der Waals surface area (Å²) in [6.07, 6.45) is 5.17. The number of carbonyl (C=O) groups excluding carboxylic acids is 1. The van der Waals surface area contributed by atoms with Gasteiger partial charge in [-0.05, 0) is 43.0 Å². The van der Waals surface area contributed by atoms with Gasteiger partial charge in [0.1, 0.15) is 5.82 Å². The van der Waals surface area contributed by atoms with Crippen LogP contribution in [0.4, 0.5) is 0 Å². The van der Waals surface area contributed by atoms with E-state index in [0.717, 1.165) is 41.4 Å². The molecule has 0 bridgehead atoms. The first kappa shape index (κ1) is 17.0. The number of nitrogens with zero attached hydrogens (tertiary/aromatic N) is 4. The fraction of sp³-hybridized carbons (Fsp3) is 0.350. The average Bonchev–Trinajstić information content (AvgIpc) is 3.11. The van der Waals surface area contributed by atoms with Crippen LogP contribution in [0.3, 0.4) is 0 Å². The Labute approximate surface area is 157 Å². The van der Waals surface area contributed by atoms with E-state index in [4.69, 9.17) is 11.6 Å². The van der Waals surface area contributed by atoms with Crippen molar-refractivity contribution in [2.45, 2.75) is 31.6 Å². The lowest BCUT2D eigenvalue weighted by Gasteiger charge is -2.32. The fourth-order valence-corrected chi connectivity index (χ4v) is 3.88. The van der Waals surface area contributed by atoms with Crippen molar-refractivity contribution in [1.29, 1.82) is 0 Å². The van der Waals surface area contributed by atoms with Gasteiger partial charge in [-0.3, -0.25) is 9.20 Å². The maximum atomic E-state index is 12.7. The van der Waals surface area contributed by atoms with Gasteiger partial charge in [0.05, 0.1) is 0 Å². The Morgan fingerprint density at radius 1 is 1.15 bits per heavy atom. The van der Waals surface area contributed by atoms with Gasteiger partial charge in [-0.25, -0.2) is 0 Å². The molecule has 1 aliphatic heterocycles. The Bertz CT molecular complexity index is 923. The third-order valence-electron chi connectivity index (χ3n) is 5.05. The van der Waals surface area contributed by atoms with Gasteiger partial charge in [-0.2, -0.15) is 0 Å². The third-order valence-corrected chi connectivity index (χ3v) is 5.41. The number of hydrogen-bond acceptors (Lipinski definition) is 3. The van der Waals surface area contributed by atoms with E-state index in [2.05, 4.69) is 10.2 Å². The summed E-state index contributed by atoms with van der Waals surface area (Å²) >= 11 is 6.20. The van der Waals surface area contributed by atoms with Crippen molar-refractivity contribution in [2.24, 2.45) is 0 Å². The molecular weight excluding hydrogens is 348 g/mol. The first-order valence-corrected chi connectivity index (χ1v) is 9.41. The second-order valence-corrected chi connectivity index (χ2v) is 7.16. The second kappa shape index (κ2) is 7.46. The van der Waals surface area contributed by atoms with Gasteiger partial charge in [0.25, 0.3) is 0 Å². The van der Waals surface area contributed by atoms with Crippen LogP contribution in [0.15, 0.2) is 48.7 Å². The molecule has 3 aromatic rings. The second-order valence-electron chi connectivity index (χ2n) is 6.76. The average molecular weight is 369 g/mol. The number of rotatable bonds is 4. The molecule has 4 rings (SSSR count). The first-order chi connectivity index (χ1) is 12.7. The number of piperidine rings is 1. The van der Waals surface area contributed by atoms with E-state index in [1.807, 2.05) is 58.0 Å². The van der Waals surface area contributed by atoms with Gasteiger partial charge in [-0.1, -0.05) is 35.9 Å². The Morgan fingerprint density at radius 3 is 2.88 bits per heavy atom. The minimum atomic E-state index is 0.184. The number of aryl methyl sites for hydroxylation is 1. The molecule has 0 aliphatic carbocycles. The van der Waals surface area contributed by atoms with Gasteiger partial charge in [0, 0.05) is 36.6 Å². The third kappa shape index (κ3) is 3.44. The fourth-order valence-electron chi connectivity index (χ4n) is 3.65. The molecule has 1 atom stereocenters. The van der Waals surface area contributed by atoms with E-state index >= 15 is 0 Å². The SMILES string of the molecule is O=C(CCc1ccccc1Cl)N1CCC[C@H](c2nnc3ccccn23)C1. The zero-order valence-electron chi connectivity index (χ0n) is 14.5. The summed E-state index contributed by atoms with van der Waals surface area (Å²) in [6, 6.07) is 13.6. The van der Waals surface area contributed by atoms with Gasteiger partial charge < -0.3 is 4.90 Å². The van der Waals surface area contributed by atoms with Crippen LogP contribution >= 0.6 is 11.6 Å². The number of amides is 1. The number of likely N-dealkylation sites (tertiary alicyclic amines) is 1. The number of fused-ring (bicyclic) bond motifs is 1. The summed E-state index contributed by atoms with van der Waals surface area (Å²) in [5.41, 5.74) is 1.88. The maximum absolute atomic E-state index is 12.7. The molecule has 1 amide bonds.